The highest BCUT2D eigenvalue weighted by Crippen LogP contribution is 2.28. The van der Waals surface area contributed by atoms with Crippen LogP contribution in [0, 0.1) is 5.82 Å². The molecule has 28 heavy (non-hydrogen) atoms. The van der Waals surface area contributed by atoms with E-state index in [-0.39, 0.29) is 17.9 Å². The van der Waals surface area contributed by atoms with Crippen molar-refractivity contribution >= 4 is 10.9 Å². The zero-order valence-corrected chi connectivity index (χ0v) is 16.0. The minimum atomic E-state index is -0.567. The van der Waals surface area contributed by atoms with Gasteiger partial charge in [0.2, 0.25) is 5.82 Å². The number of benzene rings is 1. The molecule has 3 aromatic heterocycles. The summed E-state index contributed by atoms with van der Waals surface area (Å²) < 4.78 is 24.8. The Morgan fingerprint density at radius 3 is 2.82 bits per heavy atom. The molecule has 0 unspecified atom stereocenters. The Morgan fingerprint density at radius 1 is 1.21 bits per heavy atom. The molecule has 6 nitrogen and oxygen atoms in total. The second-order valence-electron chi connectivity index (χ2n) is 6.92. The maximum atomic E-state index is 14.2. The molecule has 0 saturated carbocycles. The number of fused-ring (bicyclic) bond motifs is 1. The number of aryl methyl sites for hydroxylation is 1. The molecule has 4 aromatic rings. The zero-order chi connectivity index (χ0) is 19.7. The fraction of sp³-hybridized carbons (Fsp3) is 0.286. The van der Waals surface area contributed by atoms with Crippen LogP contribution in [0.4, 0.5) is 4.39 Å². The monoisotopic (exact) mass is 380 g/mol. The molecule has 1 N–H and O–H groups in total. The number of nitrogens with zero attached hydrogens (tertiary/aromatic N) is 3. The predicted octanol–water partition coefficient (Wildman–Crippen LogP) is 5.16. The number of rotatable bonds is 6. The third-order valence-electron chi connectivity index (χ3n) is 4.37. The molecule has 1 aromatic carbocycles. The van der Waals surface area contributed by atoms with Gasteiger partial charge in [-0.3, -0.25) is 0 Å². The molecule has 7 heteroatoms. The first kappa shape index (κ1) is 18.2. The Bertz CT molecular complexity index is 1120. The lowest BCUT2D eigenvalue weighted by Gasteiger charge is -2.09. The second kappa shape index (κ2) is 7.42. The Morgan fingerprint density at radius 2 is 2.07 bits per heavy atom. The molecule has 0 atom stereocenters. The van der Waals surface area contributed by atoms with Gasteiger partial charge >= 0.3 is 0 Å². The SMILES string of the molecule is CCCc1c[nH]c2cc(-c3noc(-c4cnc(OC(C)C)c(F)c4)n3)ccc12. The Kier molecular flexibility index (Phi) is 4.81. The van der Waals surface area contributed by atoms with Gasteiger partial charge in [0.05, 0.1) is 11.7 Å². The van der Waals surface area contributed by atoms with Crippen LogP contribution < -0.4 is 4.74 Å². The van der Waals surface area contributed by atoms with Crippen molar-refractivity contribution in [3.63, 3.8) is 0 Å². The first-order valence-electron chi connectivity index (χ1n) is 9.31. The molecule has 0 saturated heterocycles. The summed E-state index contributed by atoms with van der Waals surface area (Å²) >= 11 is 0. The van der Waals surface area contributed by atoms with Gasteiger partial charge in [0.25, 0.3) is 11.8 Å². The number of halogens is 1. The number of aromatic amines is 1. The lowest BCUT2D eigenvalue weighted by atomic mass is 10.1. The highest BCUT2D eigenvalue weighted by molar-refractivity contribution is 5.86. The van der Waals surface area contributed by atoms with Gasteiger partial charge in [-0.15, -0.1) is 0 Å². The lowest BCUT2D eigenvalue weighted by Crippen LogP contribution is -2.08. The number of H-pyrrole nitrogens is 1. The van der Waals surface area contributed by atoms with Crippen molar-refractivity contribution in [2.75, 3.05) is 0 Å². The number of hydrogen-bond acceptors (Lipinski definition) is 5. The molecule has 0 bridgehead atoms. The van der Waals surface area contributed by atoms with Gasteiger partial charge in [0, 0.05) is 28.9 Å². The highest BCUT2D eigenvalue weighted by Gasteiger charge is 2.15. The molecular formula is C21H21FN4O2. The molecule has 0 amide bonds. The average molecular weight is 380 g/mol. The molecule has 4 rings (SSSR count). The summed E-state index contributed by atoms with van der Waals surface area (Å²) in [7, 11) is 0. The van der Waals surface area contributed by atoms with E-state index in [1.807, 2.05) is 32.2 Å². The number of aromatic nitrogens is 4. The van der Waals surface area contributed by atoms with Gasteiger partial charge in [-0.1, -0.05) is 30.6 Å². The molecule has 3 heterocycles. The fourth-order valence-electron chi connectivity index (χ4n) is 3.11. The normalized spacial score (nSPS) is 11.5. The van der Waals surface area contributed by atoms with Crippen LogP contribution >= 0.6 is 0 Å². The largest absolute Gasteiger partial charge is 0.473 e. The minimum Gasteiger partial charge on any atom is -0.473 e. The van der Waals surface area contributed by atoms with Crippen LogP contribution in [0.2, 0.25) is 0 Å². The summed E-state index contributed by atoms with van der Waals surface area (Å²) in [5.74, 6) is 0.0305. The summed E-state index contributed by atoms with van der Waals surface area (Å²) in [6.07, 6.45) is 5.46. The second-order valence-corrected chi connectivity index (χ2v) is 6.92. The van der Waals surface area contributed by atoms with E-state index < -0.39 is 5.82 Å². The van der Waals surface area contributed by atoms with Crippen LogP contribution in [0.15, 0.2) is 41.2 Å². The van der Waals surface area contributed by atoms with Crippen LogP contribution in [0.3, 0.4) is 0 Å². The van der Waals surface area contributed by atoms with Crippen LogP contribution in [0.5, 0.6) is 5.88 Å². The molecular weight excluding hydrogens is 359 g/mol. The van der Waals surface area contributed by atoms with Crippen molar-refractivity contribution in [2.45, 2.75) is 39.7 Å². The molecule has 0 radical (unpaired) electrons. The van der Waals surface area contributed by atoms with E-state index in [0.29, 0.717) is 11.4 Å². The fourth-order valence-corrected chi connectivity index (χ4v) is 3.11. The Hall–Kier alpha value is -3.22. The van der Waals surface area contributed by atoms with Crippen LogP contribution in [-0.2, 0) is 6.42 Å². The third-order valence-corrected chi connectivity index (χ3v) is 4.37. The maximum absolute atomic E-state index is 14.2. The first-order chi connectivity index (χ1) is 13.5. The molecule has 0 aliphatic carbocycles. The maximum Gasteiger partial charge on any atom is 0.259 e. The molecule has 144 valence electrons. The van der Waals surface area contributed by atoms with E-state index in [9.17, 15) is 4.39 Å². The summed E-state index contributed by atoms with van der Waals surface area (Å²) in [4.78, 5) is 11.7. The van der Waals surface area contributed by atoms with Crippen molar-refractivity contribution < 1.29 is 13.7 Å². The predicted molar refractivity (Wildman–Crippen MR) is 105 cm³/mol. The van der Waals surface area contributed by atoms with Gasteiger partial charge < -0.3 is 14.2 Å². The van der Waals surface area contributed by atoms with Crippen LogP contribution in [0.1, 0.15) is 32.8 Å². The van der Waals surface area contributed by atoms with Crippen molar-refractivity contribution in [3.8, 4) is 28.7 Å². The average Bonchev–Trinajstić information content (AvgIpc) is 3.31. The lowest BCUT2D eigenvalue weighted by molar-refractivity contribution is 0.221. The summed E-state index contributed by atoms with van der Waals surface area (Å²) in [5, 5.41) is 5.23. The van der Waals surface area contributed by atoms with Crippen molar-refractivity contribution in [1.82, 2.24) is 20.1 Å². The number of ether oxygens (including phenoxy) is 1. The molecule has 0 aliphatic rings. The Balaban J connectivity index is 1.62. The quantitative estimate of drug-likeness (QED) is 0.500. The smallest absolute Gasteiger partial charge is 0.259 e. The summed E-state index contributed by atoms with van der Waals surface area (Å²) in [6, 6.07) is 7.29. The third kappa shape index (κ3) is 3.47. The van der Waals surface area contributed by atoms with Gasteiger partial charge in [-0.2, -0.15) is 4.98 Å². The van der Waals surface area contributed by atoms with Gasteiger partial charge in [-0.25, -0.2) is 9.37 Å². The van der Waals surface area contributed by atoms with E-state index in [2.05, 4.69) is 33.1 Å². The van der Waals surface area contributed by atoms with Crippen LogP contribution in [-0.4, -0.2) is 26.2 Å². The van der Waals surface area contributed by atoms with Gasteiger partial charge in [-0.05, 0) is 38.0 Å². The van der Waals surface area contributed by atoms with E-state index in [0.717, 1.165) is 23.9 Å². The first-order valence-corrected chi connectivity index (χ1v) is 9.31. The van der Waals surface area contributed by atoms with Crippen molar-refractivity contribution in [3.05, 3.63) is 48.0 Å². The van der Waals surface area contributed by atoms with E-state index in [1.54, 1.807) is 0 Å². The van der Waals surface area contributed by atoms with Gasteiger partial charge in [0.1, 0.15) is 0 Å². The van der Waals surface area contributed by atoms with E-state index in [4.69, 9.17) is 9.26 Å². The Labute approximate surface area is 161 Å². The van der Waals surface area contributed by atoms with Gasteiger partial charge in [0.15, 0.2) is 5.82 Å². The standard InChI is InChI=1S/C21H21FN4O2/c1-4-5-14-10-23-18-9-13(6-7-16(14)18)19-25-20(28-26-19)15-8-17(22)21(24-11-15)27-12(2)3/h6-12,23H,4-5H2,1-3H3. The minimum absolute atomic E-state index is 0.0430. The molecule has 0 fully saturated rings. The molecule has 0 spiro atoms. The van der Waals surface area contributed by atoms with Crippen molar-refractivity contribution in [1.29, 1.82) is 0 Å². The highest BCUT2D eigenvalue weighted by atomic mass is 19.1. The number of nitrogens with one attached hydrogen (secondary N) is 1. The summed E-state index contributed by atoms with van der Waals surface area (Å²) in [5.41, 5.74) is 3.54. The van der Waals surface area contributed by atoms with E-state index >= 15 is 0 Å². The van der Waals surface area contributed by atoms with Crippen LogP contribution in [0.25, 0.3) is 33.7 Å². The topological polar surface area (TPSA) is 76.8 Å². The van der Waals surface area contributed by atoms with Crippen molar-refractivity contribution in [2.24, 2.45) is 0 Å². The number of pyridine rings is 1. The van der Waals surface area contributed by atoms with E-state index in [1.165, 1.54) is 23.2 Å². The number of hydrogen-bond donors (Lipinski definition) is 1. The zero-order valence-electron chi connectivity index (χ0n) is 16.0. The summed E-state index contributed by atoms with van der Waals surface area (Å²) in [6.45, 7) is 5.78. The molecule has 0 aliphatic heterocycles.